The number of hydrogen-bond donors (Lipinski definition) is 0. The van der Waals surface area contributed by atoms with Gasteiger partial charge in [0.25, 0.3) is 0 Å². The highest BCUT2D eigenvalue weighted by Crippen LogP contribution is 2.26. The number of amides is 2. The Balaban J connectivity index is 2.82. The second-order valence-electron chi connectivity index (χ2n) is 5.92. The molecule has 1 unspecified atom stereocenters. The molecule has 0 aromatic carbocycles. The highest BCUT2D eigenvalue weighted by Gasteiger charge is 2.39. The summed E-state index contributed by atoms with van der Waals surface area (Å²) in [5.41, 5.74) is -0.411. The zero-order valence-corrected chi connectivity index (χ0v) is 12.3. The van der Waals surface area contributed by atoms with E-state index in [1.807, 2.05) is 39.5 Å². The Morgan fingerprint density at radius 2 is 1.78 bits per heavy atom. The van der Waals surface area contributed by atoms with Crippen molar-refractivity contribution in [1.82, 2.24) is 9.80 Å². The molecule has 2 amide bonds. The van der Waals surface area contributed by atoms with Crippen LogP contribution in [0.4, 0.5) is 0 Å². The van der Waals surface area contributed by atoms with Gasteiger partial charge in [0.1, 0.15) is 6.04 Å². The molecule has 4 heteroatoms. The van der Waals surface area contributed by atoms with Gasteiger partial charge in [-0.25, -0.2) is 0 Å². The van der Waals surface area contributed by atoms with Crippen LogP contribution < -0.4 is 0 Å². The first kappa shape index (κ1) is 15.0. The third kappa shape index (κ3) is 3.03. The molecule has 0 radical (unpaired) electrons. The normalized spacial score (nSPS) is 20.1. The van der Waals surface area contributed by atoms with Crippen molar-refractivity contribution in [2.45, 2.75) is 53.5 Å². The fourth-order valence-corrected chi connectivity index (χ4v) is 2.44. The minimum atomic E-state index is -0.411. The van der Waals surface area contributed by atoms with Gasteiger partial charge in [-0.3, -0.25) is 9.59 Å². The Morgan fingerprint density at radius 3 is 2.22 bits per heavy atom. The Kier molecular flexibility index (Phi) is 4.77. The number of rotatable bonds is 3. The molecule has 0 aromatic heterocycles. The molecule has 1 rings (SSSR count). The van der Waals surface area contributed by atoms with Gasteiger partial charge in [0.15, 0.2) is 0 Å². The van der Waals surface area contributed by atoms with E-state index in [1.165, 1.54) is 0 Å². The molecule has 104 valence electrons. The largest absolute Gasteiger partial charge is 0.341 e. The molecule has 1 atom stereocenters. The molecule has 1 heterocycles. The van der Waals surface area contributed by atoms with Crippen LogP contribution in [0.2, 0.25) is 0 Å². The first-order chi connectivity index (χ1) is 8.32. The van der Waals surface area contributed by atoms with E-state index in [2.05, 4.69) is 0 Å². The fraction of sp³-hybridized carbons (Fsp3) is 0.857. The van der Waals surface area contributed by atoms with Crippen LogP contribution in [0, 0.1) is 5.41 Å². The lowest BCUT2D eigenvalue weighted by atomic mass is 9.94. The predicted molar refractivity (Wildman–Crippen MR) is 72.1 cm³/mol. The number of carbonyl (C=O) groups is 2. The van der Waals surface area contributed by atoms with Crippen LogP contribution in [0.3, 0.4) is 0 Å². The second-order valence-corrected chi connectivity index (χ2v) is 5.92. The zero-order chi connectivity index (χ0) is 13.9. The first-order valence-corrected chi connectivity index (χ1v) is 6.92. The molecule has 1 aliphatic rings. The van der Waals surface area contributed by atoms with E-state index in [1.54, 1.807) is 4.90 Å². The zero-order valence-electron chi connectivity index (χ0n) is 12.3. The van der Waals surface area contributed by atoms with Crippen LogP contribution >= 0.6 is 0 Å². The van der Waals surface area contributed by atoms with E-state index < -0.39 is 5.41 Å². The molecule has 4 nitrogen and oxygen atoms in total. The Morgan fingerprint density at radius 1 is 1.22 bits per heavy atom. The van der Waals surface area contributed by atoms with Gasteiger partial charge in [-0.2, -0.15) is 0 Å². The van der Waals surface area contributed by atoms with E-state index in [9.17, 15) is 9.59 Å². The van der Waals surface area contributed by atoms with Gasteiger partial charge in [-0.1, -0.05) is 20.8 Å². The summed E-state index contributed by atoms with van der Waals surface area (Å²) >= 11 is 0. The smallest absolute Gasteiger partial charge is 0.245 e. The minimum absolute atomic E-state index is 0.0884. The molecule has 1 aliphatic heterocycles. The lowest BCUT2D eigenvalue weighted by Crippen LogP contribution is -2.50. The second kappa shape index (κ2) is 5.72. The molecule has 0 aromatic rings. The summed E-state index contributed by atoms with van der Waals surface area (Å²) in [6.07, 6.45) is 1.73. The van der Waals surface area contributed by atoms with Gasteiger partial charge in [0.05, 0.1) is 0 Å². The summed E-state index contributed by atoms with van der Waals surface area (Å²) in [6.45, 7) is 11.8. The van der Waals surface area contributed by atoms with Crippen molar-refractivity contribution < 1.29 is 9.59 Å². The number of carbonyl (C=O) groups excluding carboxylic acids is 2. The number of hydrogen-bond acceptors (Lipinski definition) is 2. The van der Waals surface area contributed by atoms with E-state index in [-0.39, 0.29) is 17.9 Å². The predicted octanol–water partition coefficient (Wildman–Crippen LogP) is 1.89. The lowest BCUT2D eigenvalue weighted by molar-refractivity contribution is -0.148. The molecule has 0 aliphatic carbocycles. The van der Waals surface area contributed by atoms with Gasteiger partial charge < -0.3 is 9.80 Å². The number of likely N-dealkylation sites (tertiary alicyclic amines) is 1. The number of nitrogens with zero attached hydrogens (tertiary/aromatic N) is 2. The monoisotopic (exact) mass is 254 g/mol. The van der Waals surface area contributed by atoms with Crippen molar-refractivity contribution in [1.29, 1.82) is 0 Å². The van der Waals surface area contributed by atoms with E-state index in [0.29, 0.717) is 19.6 Å². The molecule has 0 N–H and O–H groups in total. The Labute approximate surface area is 110 Å². The topological polar surface area (TPSA) is 40.6 Å². The van der Waals surface area contributed by atoms with Crippen LogP contribution in [0.5, 0.6) is 0 Å². The van der Waals surface area contributed by atoms with Gasteiger partial charge in [0, 0.05) is 25.0 Å². The quantitative estimate of drug-likeness (QED) is 0.771. The first-order valence-electron chi connectivity index (χ1n) is 6.92. The van der Waals surface area contributed by atoms with Crippen LogP contribution in [0.25, 0.3) is 0 Å². The summed E-state index contributed by atoms with van der Waals surface area (Å²) in [7, 11) is 0. The molecule has 0 bridgehead atoms. The molecule has 0 saturated carbocycles. The van der Waals surface area contributed by atoms with Crippen LogP contribution in [-0.4, -0.2) is 47.3 Å². The summed E-state index contributed by atoms with van der Waals surface area (Å²) in [5, 5.41) is 0. The minimum Gasteiger partial charge on any atom is -0.341 e. The summed E-state index contributed by atoms with van der Waals surface area (Å²) < 4.78 is 0. The number of likely N-dealkylation sites (N-methyl/N-ethyl adjacent to an activating group) is 1. The van der Waals surface area contributed by atoms with Gasteiger partial charge >= 0.3 is 0 Å². The fourth-order valence-electron chi connectivity index (χ4n) is 2.44. The summed E-state index contributed by atoms with van der Waals surface area (Å²) in [4.78, 5) is 28.3. The van der Waals surface area contributed by atoms with Crippen molar-refractivity contribution in [3.05, 3.63) is 0 Å². The average molecular weight is 254 g/mol. The molecule has 1 fully saturated rings. The van der Waals surface area contributed by atoms with E-state index >= 15 is 0 Å². The van der Waals surface area contributed by atoms with E-state index in [4.69, 9.17) is 0 Å². The molecule has 1 saturated heterocycles. The maximum absolute atomic E-state index is 12.4. The average Bonchev–Trinajstić information content (AvgIpc) is 2.76. The van der Waals surface area contributed by atoms with Crippen molar-refractivity contribution >= 4 is 11.8 Å². The van der Waals surface area contributed by atoms with Gasteiger partial charge in [-0.05, 0) is 26.7 Å². The molecular weight excluding hydrogens is 228 g/mol. The lowest BCUT2D eigenvalue weighted by Gasteiger charge is -2.32. The third-order valence-electron chi connectivity index (χ3n) is 3.52. The van der Waals surface area contributed by atoms with Crippen molar-refractivity contribution in [2.75, 3.05) is 19.6 Å². The molecular formula is C14H26N2O2. The Hall–Kier alpha value is -1.06. The van der Waals surface area contributed by atoms with Crippen LogP contribution in [-0.2, 0) is 9.59 Å². The van der Waals surface area contributed by atoms with Crippen molar-refractivity contribution in [3.63, 3.8) is 0 Å². The van der Waals surface area contributed by atoms with E-state index in [0.717, 1.165) is 12.8 Å². The summed E-state index contributed by atoms with van der Waals surface area (Å²) in [6, 6.07) is -0.239. The highest BCUT2D eigenvalue weighted by molar-refractivity contribution is 5.90. The van der Waals surface area contributed by atoms with Gasteiger partial charge in [-0.15, -0.1) is 0 Å². The van der Waals surface area contributed by atoms with Crippen molar-refractivity contribution in [2.24, 2.45) is 5.41 Å². The SMILES string of the molecule is CCN(CC)C(=O)C1CCCN1C(=O)C(C)(C)C. The van der Waals surface area contributed by atoms with Crippen molar-refractivity contribution in [3.8, 4) is 0 Å². The summed E-state index contributed by atoms with van der Waals surface area (Å²) in [5.74, 6) is 0.195. The van der Waals surface area contributed by atoms with Gasteiger partial charge in [0.2, 0.25) is 11.8 Å². The molecule has 18 heavy (non-hydrogen) atoms. The standard InChI is InChI=1S/C14H26N2O2/c1-6-15(7-2)12(17)11-9-8-10-16(11)13(18)14(3,4)5/h11H,6-10H2,1-5H3. The maximum Gasteiger partial charge on any atom is 0.245 e. The maximum atomic E-state index is 12.4. The Bertz CT molecular complexity index is 316. The highest BCUT2D eigenvalue weighted by atomic mass is 16.2. The third-order valence-corrected chi connectivity index (χ3v) is 3.52. The van der Waals surface area contributed by atoms with Crippen LogP contribution in [0.15, 0.2) is 0 Å². The molecule has 0 spiro atoms. The van der Waals surface area contributed by atoms with Crippen LogP contribution in [0.1, 0.15) is 47.5 Å².